The van der Waals surface area contributed by atoms with Crippen molar-refractivity contribution in [2.45, 2.75) is 13.8 Å². The number of hydrogen-bond acceptors (Lipinski definition) is 2. The summed E-state index contributed by atoms with van der Waals surface area (Å²) in [6, 6.07) is 6.44. The molecule has 1 N–H and O–H groups in total. The van der Waals surface area contributed by atoms with Gasteiger partial charge in [0.25, 0.3) is 5.56 Å². The average molecular weight is 404 g/mol. The molecule has 104 valence electrons. The molecule has 4 nitrogen and oxygen atoms in total. The molecule has 6 heteroatoms. The molecule has 2 aromatic rings. The maximum Gasteiger partial charge on any atom is 0.337 e. The monoisotopic (exact) mass is 403 g/mol. The summed E-state index contributed by atoms with van der Waals surface area (Å²) in [5, 5.41) is 9.85. The lowest BCUT2D eigenvalue weighted by molar-refractivity contribution is 0.0694. The van der Waals surface area contributed by atoms with E-state index in [1.54, 1.807) is 32.0 Å². The number of pyridine rings is 1. The van der Waals surface area contributed by atoms with Crippen LogP contribution in [0.1, 0.15) is 21.6 Å². The van der Waals surface area contributed by atoms with Crippen molar-refractivity contribution in [1.82, 2.24) is 4.57 Å². The van der Waals surface area contributed by atoms with Gasteiger partial charge in [-0.15, -0.1) is 0 Å². The first-order chi connectivity index (χ1) is 9.32. The summed E-state index contributed by atoms with van der Waals surface area (Å²) < 4.78 is 2.18. The molecule has 1 heterocycles. The van der Waals surface area contributed by atoms with E-state index in [1.165, 1.54) is 10.6 Å². The molecule has 0 saturated heterocycles. The highest BCUT2D eigenvalue weighted by Crippen LogP contribution is 2.23. The first kappa shape index (κ1) is 15.1. The summed E-state index contributed by atoms with van der Waals surface area (Å²) >= 11 is 7.97. The maximum atomic E-state index is 12.2. The van der Waals surface area contributed by atoms with Crippen molar-refractivity contribution in [3.8, 4) is 5.69 Å². The fraction of sp³-hybridized carbons (Fsp3) is 0.143. The number of carboxylic acid groups (broad SMARTS) is 1. The number of aromatic carboxylic acids is 1. The average Bonchev–Trinajstić information content (AvgIpc) is 2.30. The van der Waals surface area contributed by atoms with Gasteiger partial charge in [0.15, 0.2) is 0 Å². The van der Waals surface area contributed by atoms with Gasteiger partial charge in [0.1, 0.15) is 0 Å². The van der Waals surface area contributed by atoms with E-state index in [0.29, 0.717) is 22.0 Å². The van der Waals surface area contributed by atoms with Crippen LogP contribution in [-0.4, -0.2) is 15.6 Å². The lowest BCUT2D eigenvalue weighted by atomic mass is 10.1. The van der Waals surface area contributed by atoms with Crippen molar-refractivity contribution in [3.05, 3.63) is 60.0 Å². The Morgan fingerprint density at radius 3 is 2.50 bits per heavy atom. The second-order valence-corrected chi connectivity index (χ2v) is 5.96. The van der Waals surface area contributed by atoms with Crippen LogP contribution in [0.3, 0.4) is 0 Å². The Balaban J connectivity index is 2.84. The van der Waals surface area contributed by atoms with Gasteiger partial charge in [-0.25, -0.2) is 4.79 Å². The molecule has 1 aromatic carbocycles. The zero-order valence-corrected chi connectivity index (χ0v) is 13.7. The molecule has 0 bridgehead atoms. The van der Waals surface area contributed by atoms with Gasteiger partial charge in [0.05, 0.1) is 11.3 Å². The Kier molecular flexibility index (Phi) is 4.19. The molecule has 0 aliphatic rings. The number of benzene rings is 1. The van der Waals surface area contributed by atoms with Gasteiger partial charge < -0.3 is 5.11 Å². The highest BCUT2D eigenvalue weighted by atomic mass is 127. The summed E-state index contributed by atoms with van der Waals surface area (Å²) in [5.74, 6) is -1.04. The van der Waals surface area contributed by atoms with Crippen LogP contribution in [0, 0.1) is 17.4 Å². The van der Waals surface area contributed by atoms with Crippen LogP contribution in [0.4, 0.5) is 0 Å². The SMILES string of the molecule is Cc1cc(=O)n(-c2ccc(Cl)cc2I)c(C)c1C(=O)O. The quantitative estimate of drug-likeness (QED) is 0.782. The minimum Gasteiger partial charge on any atom is -0.478 e. The van der Waals surface area contributed by atoms with Crippen LogP contribution >= 0.6 is 34.2 Å². The van der Waals surface area contributed by atoms with Crippen LogP contribution in [0.15, 0.2) is 29.1 Å². The number of rotatable bonds is 2. The predicted octanol–water partition coefficient (Wildman–Crippen LogP) is 3.41. The van der Waals surface area contributed by atoms with Gasteiger partial charge in [0.2, 0.25) is 0 Å². The third kappa shape index (κ3) is 2.60. The van der Waals surface area contributed by atoms with Crippen molar-refractivity contribution in [3.63, 3.8) is 0 Å². The topological polar surface area (TPSA) is 59.3 Å². The summed E-state index contributed by atoms with van der Waals surface area (Å²) in [5.41, 5.74) is 1.38. The number of nitrogens with zero attached hydrogens (tertiary/aromatic N) is 1. The zero-order valence-electron chi connectivity index (χ0n) is 10.8. The number of hydrogen-bond donors (Lipinski definition) is 1. The number of aryl methyl sites for hydroxylation is 1. The second kappa shape index (κ2) is 5.57. The van der Waals surface area contributed by atoms with Gasteiger partial charge in [-0.3, -0.25) is 9.36 Å². The molecular weight excluding hydrogens is 393 g/mol. The lowest BCUT2D eigenvalue weighted by Crippen LogP contribution is -2.24. The molecule has 0 amide bonds. The first-order valence-electron chi connectivity index (χ1n) is 5.75. The van der Waals surface area contributed by atoms with Crippen LogP contribution in [-0.2, 0) is 0 Å². The molecular formula is C14H11ClINO3. The largest absolute Gasteiger partial charge is 0.478 e. The third-order valence-electron chi connectivity index (χ3n) is 3.02. The van der Waals surface area contributed by atoms with Crippen LogP contribution < -0.4 is 5.56 Å². The van der Waals surface area contributed by atoms with E-state index in [1.807, 2.05) is 0 Å². The van der Waals surface area contributed by atoms with E-state index in [9.17, 15) is 14.7 Å². The van der Waals surface area contributed by atoms with Crippen LogP contribution in [0.5, 0.6) is 0 Å². The van der Waals surface area contributed by atoms with E-state index >= 15 is 0 Å². The molecule has 0 radical (unpaired) electrons. The summed E-state index contributed by atoms with van der Waals surface area (Å²) in [4.78, 5) is 23.5. The van der Waals surface area contributed by atoms with E-state index in [4.69, 9.17) is 11.6 Å². The lowest BCUT2D eigenvalue weighted by Gasteiger charge is -2.15. The molecule has 0 spiro atoms. The van der Waals surface area contributed by atoms with Gasteiger partial charge in [-0.05, 0) is 60.2 Å². The van der Waals surface area contributed by atoms with Crippen molar-refractivity contribution in [1.29, 1.82) is 0 Å². The second-order valence-electron chi connectivity index (χ2n) is 4.36. The normalized spacial score (nSPS) is 10.6. The molecule has 2 rings (SSSR count). The maximum absolute atomic E-state index is 12.2. The molecule has 0 fully saturated rings. The number of aromatic nitrogens is 1. The fourth-order valence-corrected chi connectivity index (χ4v) is 3.28. The third-order valence-corrected chi connectivity index (χ3v) is 4.12. The molecule has 1 aromatic heterocycles. The molecule has 0 aliphatic carbocycles. The van der Waals surface area contributed by atoms with Crippen molar-refractivity contribution in [2.75, 3.05) is 0 Å². The summed E-state index contributed by atoms with van der Waals surface area (Å²) in [7, 11) is 0. The summed E-state index contributed by atoms with van der Waals surface area (Å²) in [6.07, 6.45) is 0. The Morgan fingerprint density at radius 2 is 1.95 bits per heavy atom. The minimum absolute atomic E-state index is 0.148. The Bertz CT molecular complexity index is 768. The molecule has 0 atom stereocenters. The minimum atomic E-state index is -1.04. The molecule has 0 aliphatic heterocycles. The number of halogens is 2. The van der Waals surface area contributed by atoms with E-state index in [2.05, 4.69) is 22.6 Å². The molecule has 0 unspecified atom stereocenters. The Hall–Kier alpha value is -1.34. The smallest absolute Gasteiger partial charge is 0.337 e. The van der Waals surface area contributed by atoms with Gasteiger partial charge in [0, 0.05) is 20.4 Å². The number of carbonyl (C=O) groups is 1. The van der Waals surface area contributed by atoms with Crippen LogP contribution in [0.25, 0.3) is 5.69 Å². The Labute approximate surface area is 134 Å². The van der Waals surface area contributed by atoms with E-state index in [0.717, 1.165) is 3.57 Å². The van der Waals surface area contributed by atoms with Gasteiger partial charge in [-0.1, -0.05) is 11.6 Å². The van der Waals surface area contributed by atoms with Gasteiger partial charge >= 0.3 is 5.97 Å². The highest BCUT2D eigenvalue weighted by Gasteiger charge is 2.17. The highest BCUT2D eigenvalue weighted by molar-refractivity contribution is 14.1. The molecule has 20 heavy (non-hydrogen) atoms. The first-order valence-corrected chi connectivity index (χ1v) is 7.20. The fourth-order valence-electron chi connectivity index (χ4n) is 2.17. The summed E-state index contributed by atoms with van der Waals surface area (Å²) in [6.45, 7) is 3.25. The Morgan fingerprint density at radius 1 is 1.30 bits per heavy atom. The van der Waals surface area contributed by atoms with E-state index < -0.39 is 5.97 Å². The van der Waals surface area contributed by atoms with Gasteiger partial charge in [-0.2, -0.15) is 0 Å². The standard InChI is InChI=1S/C14H11ClINO3/c1-7-5-12(18)17(8(2)13(7)14(19)20)11-4-3-9(15)6-10(11)16/h3-6H,1-2H3,(H,19,20). The van der Waals surface area contributed by atoms with Crippen molar-refractivity contribution in [2.24, 2.45) is 0 Å². The number of carboxylic acids is 1. The predicted molar refractivity (Wildman–Crippen MR) is 86.2 cm³/mol. The van der Waals surface area contributed by atoms with Crippen molar-refractivity contribution < 1.29 is 9.90 Å². The molecule has 0 saturated carbocycles. The van der Waals surface area contributed by atoms with Crippen LogP contribution in [0.2, 0.25) is 5.02 Å². The van der Waals surface area contributed by atoms with Crippen molar-refractivity contribution >= 4 is 40.2 Å². The zero-order chi connectivity index (χ0) is 15.0. The van der Waals surface area contributed by atoms with E-state index in [-0.39, 0.29) is 11.1 Å².